The Kier molecular flexibility index (Phi) is 12.9. The van der Waals surface area contributed by atoms with Crippen LogP contribution in [0.25, 0.3) is 0 Å². The van der Waals surface area contributed by atoms with Crippen LogP contribution in [0.1, 0.15) is 41.0 Å². The first-order valence-electron chi connectivity index (χ1n) is 7.05. The largest absolute Gasteiger partial charge is 3.00 e. The third kappa shape index (κ3) is 9.60. The summed E-state index contributed by atoms with van der Waals surface area (Å²) in [4.78, 5) is 0. The van der Waals surface area contributed by atoms with Crippen LogP contribution in [0.15, 0.2) is 28.7 Å². The Balaban J connectivity index is -0.00000120. The van der Waals surface area contributed by atoms with Crippen molar-refractivity contribution in [3.8, 4) is 0 Å². The Morgan fingerprint density at radius 1 is 1.23 bits per heavy atom. The van der Waals surface area contributed by atoms with E-state index in [1.807, 2.05) is 0 Å². The Bertz CT molecular complexity index is 412. The maximum absolute atomic E-state index is 6.19. The zero-order valence-corrected chi connectivity index (χ0v) is 19.9. The van der Waals surface area contributed by atoms with Gasteiger partial charge in [-0.05, 0) is 46.1 Å². The van der Waals surface area contributed by atoms with E-state index in [0.717, 1.165) is 17.9 Å². The van der Waals surface area contributed by atoms with Crippen LogP contribution in [0, 0.1) is 6.08 Å². The minimum atomic E-state index is -1.61. The van der Waals surface area contributed by atoms with E-state index in [0.29, 0.717) is 0 Å². The van der Waals surface area contributed by atoms with E-state index in [2.05, 4.69) is 71.7 Å². The topological polar surface area (TPSA) is 21.3 Å². The zero-order chi connectivity index (χ0) is 14.8. The standard InChI is InChI=1S/C16H28NOSi.2ClH.Zr/c1-9-12(2)13-10-14(17-16(3,4)5)15(11-13)18-19(6,7)8;;;/h11,17H,9H2,1-8H3;2*1H;/q-1;;;+3/p-2. The molecule has 0 spiro atoms. The molecule has 22 heavy (non-hydrogen) atoms. The van der Waals surface area contributed by atoms with Gasteiger partial charge in [-0.15, -0.1) is 17.7 Å². The Morgan fingerprint density at radius 3 is 2.09 bits per heavy atom. The first-order valence-corrected chi connectivity index (χ1v) is 10.5. The van der Waals surface area contributed by atoms with Crippen LogP contribution in [0.4, 0.5) is 0 Å². The molecule has 0 fully saturated rings. The second kappa shape index (κ2) is 10.4. The van der Waals surface area contributed by atoms with Gasteiger partial charge < -0.3 is 34.6 Å². The summed E-state index contributed by atoms with van der Waals surface area (Å²) in [6.45, 7) is 17.4. The van der Waals surface area contributed by atoms with Gasteiger partial charge in [0.05, 0.1) is 0 Å². The summed E-state index contributed by atoms with van der Waals surface area (Å²) in [6, 6.07) is 0. The van der Waals surface area contributed by atoms with Crippen molar-refractivity contribution in [2.75, 3.05) is 0 Å². The second-order valence-electron chi connectivity index (χ2n) is 7.15. The van der Waals surface area contributed by atoms with Gasteiger partial charge in [-0.25, -0.2) is 0 Å². The van der Waals surface area contributed by atoms with Gasteiger partial charge in [-0.2, -0.15) is 5.57 Å². The molecule has 1 N–H and O–H groups in total. The average Bonchev–Trinajstić information content (AvgIpc) is 2.55. The van der Waals surface area contributed by atoms with Crippen LogP contribution < -0.4 is 30.1 Å². The SMILES string of the molecule is CCC(C)=C1[C-]=C(NC(C)(C)C)C(O[Si](C)(C)C)=C1.[Cl-].[Cl-].[Zr+3]. The van der Waals surface area contributed by atoms with Crippen molar-refractivity contribution in [2.45, 2.75) is 66.2 Å². The average molecular weight is 441 g/mol. The summed E-state index contributed by atoms with van der Waals surface area (Å²) < 4.78 is 6.19. The summed E-state index contributed by atoms with van der Waals surface area (Å²) in [7, 11) is -1.61. The molecule has 1 rings (SSSR count). The molecule has 0 aromatic rings. The number of hydrogen-bond acceptors (Lipinski definition) is 2. The zero-order valence-electron chi connectivity index (χ0n) is 14.9. The molecule has 6 heteroatoms. The molecule has 0 bridgehead atoms. The number of halogens is 2. The van der Waals surface area contributed by atoms with Gasteiger partial charge in [0.1, 0.15) is 0 Å². The van der Waals surface area contributed by atoms with Crippen LogP contribution in [-0.2, 0) is 30.6 Å². The molecule has 1 aliphatic rings. The van der Waals surface area contributed by atoms with Crippen molar-refractivity contribution in [1.82, 2.24) is 5.32 Å². The van der Waals surface area contributed by atoms with Crippen LogP contribution in [0.3, 0.4) is 0 Å². The Labute approximate surface area is 169 Å². The van der Waals surface area contributed by atoms with E-state index in [1.54, 1.807) is 0 Å². The van der Waals surface area contributed by atoms with E-state index in [4.69, 9.17) is 4.43 Å². The van der Waals surface area contributed by atoms with Gasteiger partial charge in [-0.3, -0.25) is 0 Å². The van der Waals surface area contributed by atoms with E-state index < -0.39 is 8.32 Å². The number of nitrogens with one attached hydrogen (secondary N) is 1. The fraction of sp³-hybridized carbons (Fsp3) is 0.625. The smallest absolute Gasteiger partial charge is 1.00 e. The number of allylic oxidation sites excluding steroid dienone is 4. The number of hydrogen-bond donors (Lipinski definition) is 1. The predicted octanol–water partition coefficient (Wildman–Crippen LogP) is -1.46. The van der Waals surface area contributed by atoms with Gasteiger partial charge in [-0.1, -0.05) is 20.3 Å². The molecule has 1 aliphatic carbocycles. The van der Waals surface area contributed by atoms with Crippen LogP contribution in [0.2, 0.25) is 19.6 Å². The molecular formula is C16H28Cl2NOSiZr. The van der Waals surface area contributed by atoms with Gasteiger partial charge >= 0.3 is 26.2 Å². The first kappa shape index (κ1) is 27.4. The maximum Gasteiger partial charge on any atom is 3.00 e. The Hall–Kier alpha value is 0.500. The molecule has 0 aromatic heterocycles. The van der Waals surface area contributed by atoms with Gasteiger partial charge in [0.2, 0.25) is 8.32 Å². The minimum absolute atomic E-state index is 0. The molecule has 125 valence electrons. The van der Waals surface area contributed by atoms with E-state index in [9.17, 15) is 0 Å². The fourth-order valence-electron chi connectivity index (χ4n) is 1.73. The molecule has 2 nitrogen and oxygen atoms in total. The van der Waals surface area contributed by atoms with E-state index in [1.165, 1.54) is 11.1 Å². The molecule has 0 heterocycles. The normalized spacial score (nSPS) is 16.4. The van der Waals surface area contributed by atoms with Gasteiger partial charge in [0.25, 0.3) is 0 Å². The molecule has 1 radical (unpaired) electrons. The second-order valence-corrected chi connectivity index (χ2v) is 11.6. The molecule has 0 aliphatic heterocycles. The molecule has 0 atom stereocenters. The fourth-order valence-corrected chi connectivity index (χ4v) is 2.55. The molecule has 0 unspecified atom stereocenters. The number of rotatable bonds is 4. The summed E-state index contributed by atoms with van der Waals surface area (Å²) in [6.07, 6.45) is 6.63. The van der Waals surface area contributed by atoms with Gasteiger partial charge in [0, 0.05) is 11.3 Å². The predicted molar refractivity (Wildman–Crippen MR) is 85.1 cm³/mol. The third-order valence-electron chi connectivity index (χ3n) is 2.69. The summed E-state index contributed by atoms with van der Waals surface area (Å²) in [5.74, 6) is 0.955. The van der Waals surface area contributed by atoms with Crippen molar-refractivity contribution in [1.29, 1.82) is 0 Å². The summed E-state index contributed by atoms with van der Waals surface area (Å²) in [5, 5.41) is 3.50. The minimum Gasteiger partial charge on any atom is -1.00 e. The third-order valence-corrected chi connectivity index (χ3v) is 3.52. The first-order chi connectivity index (χ1) is 8.52. The molecule has 0 aromatic carbocycles. The van der Waals surface area contributed by atoms with Crippen molar-refractivity contribution in [3.63, 3.8) is 0 Å². The molecular weight excluding hydrogens is 412 g/mol. The van der Waals surface area contributed by atoms with Crippen LogP contribution >= 0.6 is 0 Å². The van der Waals surface area contributed by atoms with Crippen LogP contribution in [0.5, 0.6) is 0 Å². The van der Waals surface area contributed by atoms with Crippen molar-refractivity contribution >= 4 is 8.32 Å². The molecule has 0 saturated carbocycles. The van der Waals surface area contributed by atoms with E-state index >= 15 is 0 Å². The van der Waals surface area contributed by atoms with E-state index in [-0.39, 0.29) is 56.6 Å². The quantitative estimate of drug-likeness (QED) is 0.426. The van der Waals surface area contributed by atoms with Crippen molar-refractivity contribution in [3.05, 3.63) is 34.8 Å². The summed E-state index contributed by atoms with van der Waals surface area (Å²) >= 11 is 0. The van der Waals surface area contributed by atoms with Crippen LogP contribution in [-0.4, -0.2) is 13.9 Å². The van der Waals surface area contributed by atoms with Gasteiger partial charge in [0.15, 0.2) is 0 Å². The molecule has 0 amide bonds. The maximum atomic E-state index is 6.19. The molecule has 0 saturated heterocycles. The Morgan fingerprint density at radius 2 is 1.73 bits per heavy atom. The monoisotopic (exact) mass is 438 g/mol. The van der Waals surface area contributed by atoms with Crippen molar-refractivity contribution < 1.29 is 55.4 Å². The van der Waals surface area contributed by atoms with Crippen molar-refractivity contribution in [2.24, 2.45) is 0 Å². The summed E-state index contributed by atoms with van der Waals surface area (Å²) in [5.41, 5.74) is 3.53.